The van der Waals surface area contributed by atoms with E-state index in [-0.39, 0.29) is 5.91 Å². The summed E-state index contributed by atoms with van der Waals surface area (Å²) in [7, 11) is 1.76. The van der Waals surface area contributed by atoms with Crippen LogP contribution in [0, 0.1) is 0 Å². The number of carbonyl (C=O) groups excluding carboxylic acids is 1. The maximum absolute atomic E-state index is 11.1. The Morgan fingerprint density at radius 3 is 2.60 bits per heavy atom. The zero-order chi connectivity index (χ0) is 11.1. The molecule has 1 aromatic carbocycles. The molecule has 0 aliphatic heterocycles. The molecule has 4 heteroatoms. The molecule has 0 aliphatic carbocycles. The lowest BCUT2D eigenvalue weighted by molar-refractivity contribution is -0.120. The van der Waals surface area contributed by atoms with Gasteiger partial charge in [-0.15, -0.1) is 0 Å². The van der Waals surface area contributed by atoms with E-state index in [2.05, 4.69) is 26.6 Å². The third-order valence-corrected chi connectivity index (χ3v) is 2.52. The van der Waals surface area contributed by atoms with Gasteiger partial charge in [-0.25, -0.2) is 0 Å². The van der Waals surface area contributed by atoms with Crippen molar-refractivity contribution in [3.8, 4) is 0 Å². The molecule has 15 heavy (non-hydrogen) atoms. The van der Waals surface area contributed by atoms with Gasteiger partial charge in [0.25, 0.3) is 0 Å². The Balaban J connectivity index is 2.26. The van der Waals surface area contributed by atoms with Crippen molar-refractivity contribution in [1.82, 2.24) is 10.6 Å². The van der Waals surface area contributed by atoms with E-state index >= 15 is 0 Å². The van der Waals surface area contributed by atoms with Crippen LogP contribution in [0.4, 0.5) is 0 Å². The highest BCUT2D eigenvalue weighted by atomic mass is 79.9. The van der Waals surface area contributed by atoms with Crippen LogP contribution >= 0.6 is 15.9 Å². The van der Waals surface area contributed by atoms with Crippen LogP contribution in [-0.2, 0) is 11.2 Å². The van der Waals surface area contributed by atoms with Crippen molar-refractivity contribution in [2.24, 2.45) is 0 Å². The first-order valence-electron chi connectivity index (χ1n) is 4.88. The number of nitrogens with one attached hydrogen (secondary N) is 2. The summed E-state index contributed by atoms with van der Waals surface area (Å²) in [6.45, 7) is 1.06. The maximum atomic E-state index is 11.1. The molecule has 0 heterocycles. The van der Waals surface area contributed by atoms with E-state index in [1.807, 2.05) is 24.3 Å². The molecule has 3 nitrogen and oxygen atoms in total. The molecule has 0 fully saturated rings. The van der Waals surface area contributed by atoms with Gasteiger partial charge in [0, 0.05) is 11.0 Å². The van der Waals surface area contributed by atoms with Crippen LogP contribution in [-0.4, -0.2) is 26.0 Å². The summed E-state index contributed by atoms with van der Waals surface area (Å²) in [6, 6.07) is 8.11. The largest absolute Gasteiger partial charge is 0.355 e. The van der Waals surface area contributed by atoms with E-state index in [0.717, 1.165) is 10.9 Å². The Morgan fingerprint density at radius 1 is 1.33 bits per heavy atom. The highest BCUT2D eigenvalue weighted by molar-refractivity contribution is 9.10. The zero-order valence-electron chi connectivity index (χ0n) is 8.72. The van der Waals surface area contributed by atoms with Crippen LogP contribution in [0.15, 0.2) is 28.7 Å². The quantitative estimate of drug-likeness (QED) is 0.848. The van der Waals surface area contributed by atoms with Crippen LogP contribution in [0.5, 0.6) is 0 Å². The van der Waals surface area contributed by atoms with Gasteiger partial charge in [0.1, 0.15) is 0 Å². The van der Waals surface area contributed by atoms with E-state index in [0.29, 0.717) is 13.1 Å². The Bertz CT molecular complexity index is 311. The molecule has 0 aromatic heterocycles. The Hall–Kier alpha value is -0.870. The van der Waals surface area contributed by atoms with Crippen molar-refractivity contribution in [2.75, 3.05) is 20.1 Å². The van der Waals surface area contributed by atoms with Gasteiger partial charge in [-0.05, 0) is 31.2 Å². The summed E-state index contributed by atoms with van der Waals surface area (Å²) in [5.41, 5.74) is 1.22. The Morgan fingerprint density at radius 2 is 2.00 bits per heavy atom. The van der Waals surface area contributed by atoms with Gasteiger partial charge in [-0.1, -0.05) is 28.1 Å². The van der Waals surface area contributed by atoms with Gasteiger partial charge in [-0.2, -0.15) is 0 Å². The molecule has 82 valence electrons. The molecule has 0 unspecified atom stereocenters. The molecule has 0 bridgehead atoms. The average molecular weight is 271 g/mol. The minimum absolute atomic E-state index is 0.0367. The van der Waals surface area contributed by atoms with Crippen molar-refractivity contribution in [2.45, 2.75) is 6.42 Å². The molecule has 1 amide bonds. The summed E-state index contributed by atoms with van der Waals surface area (Å²) in [5, 5.41) is 5.64. The number of rotatable bonds is 5. The molecular weight excluding hydrogens is 256 g/mol. The highest BCUT2D eigenvalue weighted by Gasteiger charge is 1.98. The number of hydrogen-bond donors (Lipinski definition) is 2. The smallest absolute Gasteiger partial charge is 0.233 e. The molecule has 1 aromatic rings. The van der Waals surface area contributed by atoms with Crippen molar-refractivity contribution in [3.63, 3.8) is 0 Å². The van der Waals surface area contributed by atoms with Gasteiger partial charge in [-0.3, -0.25) is 4.79 Å². The molecule has 2 N–H and O–H groups in total. The third-order valence-electron chi connectivity index (χ3n) is 1.99. The van der Waals surface area contributed by atoms with Gasteiger partial charge >= 0.3 is 0 Å². The number of hydrogen-bond acceptors (Lipinski definition) is 2. The molecular formula is C11H15BrN2O. The Labute approximate surface area is 98.4 Å². The summed E-state index contributed by atoms with van der Waals surface area (Å²) in [5.74, 6) is 0.0367. The second kappa shape index (κ2) is 6.58. The second-order valence-corrected chi connectivity index (χ2v) is 4.17. The molecule has 0 radical (unpaired) electrons. The first-order valence-corrected chi connectivity index (χ1v) is 5.67. The lowest BCUT2D eigenvalue weighted by atomic mass is 10.1. The van der Waals surface area contributed by atoms with Crippen molar-refractivity contribution in [1.29, 1.82) is 0 Å². The molecule has 0 saturated carbocycles. The molecule has 0 aliphatic rings. The fourth-order valence-electron chi connectivity index (χ4n) is 1.22. The lowest BCUT2D eigenvalue weighted by Crippen LogP contribution is -2.33. The van der Waals surface area contributed by atoms with Crippen LogP contribution in [0.3, 0.4) is 0 Å². The molecule has 0 atom stereocenters. The minimum Gasteiger partial charge on any atom is -0.355 e. The monoisotopic (exact) mass is 270 g/mol. The van der Waals surface area contributed by atoms with E-state index in [1.165, 1.54) is 5.56 Å². The Kier molecular flexibility index (Phi) is 5.36. The second-order valence-electron chi connectivity index (χ2n) is 3.26. The van der Waals surface area contributed by atoms with E-state index < -0.39 is 0 Å². The standard InChI is InChI=1S/C11H15BrN2O/c1-13-8-11(15)14-7-6-9-2-4-10(12)5-3-9/h2-5,13H,6-8H2,1H3,(H,14,15). The van der Waals surface area contributed by atoms with Crippen LogP contribution < -0.4 is 10.6 Å². The number of halogens is 1. The van der Waals surface area contributed by atoms with Gasteiger partial charge < -0.3 is 10.6 Å². The summed E-state index contributed by atoms with van der Waals surface area (Å²) >= 11 is 3.38. The predicted molar refractivity (Wildman–Crippen MR) is 64.8 cm³/mol. The number of benzene rings is 1. The van der Waals surface area contributed by atoms with Crippen LogP contribution in [0.1, 0.15) is 5.56 Å². The summed E-state index contributed by atoms with van der Waals surface area (Å²) < 4.78 is 1.07. The van der Waals surface area contributed by atoms with Gasteiger partial charge in [0.2, 0.25) is 5.91 Å². The van der Waals surface area contributed by atoms with Crippen molar-refractivity contribution < 1.29 is 4.79 Å². The van der Waals surface area contributed by atoms with E-state index in [1.54, 1.807) is 7.05 Å². The molecule has 0 spiro atoms. The first-order chi connectivity index (χ1) is 7.22. The normalized spacial score (nSPS) is 10.0. The van der Waals surface area contributed by atoms with Gasteiger partial charge in [0.05, 0.1) is 6.54 Å². The van der Waals surface area contributed by atoms with Crippen molar-refractivity contribution in [3.05, 3.63) is 34.3 Å². The topological polar surface area (TPSA) is 41.1 Å². The minimum atomic E-state index is 0.0367. The van der Waals surface area contributed by atoms with E-state index in [9.17, 15) is 4.79 Å². The van der Waals surface area contributed by atoms with Gasteiger partial charge in [0.15, 0.2) is 0 Å². The summed E-state index contributed by atoms with van der Waals surface area (Å²) in [6.07, 6.45) is 0.864. The third kappa shape index (κ3) is 4.95. The predicted octanol–water partition coefficient (Wildman–Crippen LogP) is 1.33. The number of amides is 1. The fourth-order valence-corrected chi connectivity index (χ4v) is 1.48. The first kappa shape index (κ1) is 12.2. The lowest BCUT2D eigenvalue weighted by Gasteiger charge is -2.04. The van der Waals surface area contributed by atoms with Crippen LogP contribution in [0.25, 0.3) is 0 Å². The maximum Gasteiger partial charge on any atom is 0.233 e. The molecule has 0 saturated heterocycles. The van der Waals surface area contributed by atoms with Crippen molar-refractivity contribution >= 4 is 21.8 Å². The highest BCUT2D eigenvalue weighted by Crippen LogP contribution is 2.10. The zero-order valence-corrected chi connectivity index (χ0v) is 10.3. The number of likely N-dealkylation sites (N-methyl/N-ethyl adjacent to an activating group) is 1. The van der Waals surface area contributed by atoms with E-state index in [4.69, 9.17) is 0 Å². The van der Waals surface area contributed by atoms with Crippen LogP contribution in [0.2, 0.25) is 0 Å². The SMILES string of the molecule is CNCC(=O)NCCc1ccc(Br)cc1. The average Bonchev–Trinajstić information content (AvgIpc) is 2.21. The molecule has 1 rings (SSSR count). The fraction of sp³-hybridized carbons (Fsp3) is 0.364. The summed E-state index contributed by atoms with van der Waals surface area (Å²) in [4.78, 5) is 11.1. The number of carbonyl (C=O) groups is 1.